The van der Waals surface area contributed by atoms with E-state index in [0.717, 1.165) is 12.8 Å². The van der Waals surface area contributed by atoms with Gasteiger partial charge < -0.3 is 14.5 Å². The molecule has 1 fully saturated rings. The Kier molecular flexibility index (Phi) is 2.64. The van der Waals surface area contributed by atoms with Crippen molar-refractivity contribution >= 4 is 11.9 Å². The van der Waals surface area contributed by atoms with E-state index in [4.69, 9.17) is 9.63 Å². The second kappa shape index (κ2) is 3.96. The molecule has 86 valence electrons. The Balaban J connectivity index is 2.17. The van der Waals surface area contributed by atoms with Crippen molar-refractivity contribution in [1.29, 1.82) is 0 Å². The Hall–Kier alpha value is -1.85. The number of rotatable bonds is 4. The molecule has 0 radical (unpaired) electrons. The molecule has 0 aliphatic heterocycles. The lowest BCUT2D eigenvalue weighted by molar-refractivity contribution is -0.137. The molecular formula is C10H12N2O4. The van der Waals surface area contributed by atoms with Gasteiger partial charge in [-0.1, -0.05) is 5.16 Å². The highest BCUT2D eigenvalue weighted by molar-refractivity contribution is 5.96. The average molecular weight is 224 g/mol. The zero-order valence-corrected chi connectivity index (χ0v) is 8.84. The number of nitrogens with zero attached hydrogens (tertiary/aromatic N) is 2. The monoisotopic (exact) mass is 224 g/mol. The van der Waals surface area contributed by atoms with Crippen LogP contribution in [-0.2, 0) is 4.79 Å². The highest BCUT2D eigenvalue weighted by Gasteiger charge is 2.35. The minimum atomic E-state index is -1.01. The molecule has 2 rings (SSSR count). The molecule has 16 heavy (non-hydrogen) atoms. The zero-order valence-electron chi connectivity index (χ0n) is 8.84. The number of carboxylic acid groups (broad SMARTS) is 1. The van der Waals surface area contributed by atoms with E-state index in [1.165, 1.54) is 11.1 Å². The summed E-state index contributed by atoms with van der Waals surface area (Å²) < 4.78 is 4.80. The summed E-state index contributed by atoms with van der Waals surface area (Å²) in [6.07, 6.45) is 3.06. The number of hydrogen-bond acceptors (Lipinski definition) is 4. The van der Waals surface area contributed by atoms with Crippen LogP contribution in [0.4, 0.5) is 0 Å². The zero-order chi connectivity index (χ0) is 11.7. The molecule has 0 bridgehead atoms. The van der Waals surface area contributed by atoms with E-state index < -0.39 is 5.97 Å². The van der Waals surface area contributed by atoms with Crippen molar-refractivity contribution in [1.82, 2.24) is 10.1 Å². The number of aromatic nitrogens is 1. The van der Waals surface area contributed by atoms with Gasteiger partial charge in [-0.15, -0.1) is 0 Å². The summed E-state index contributed by atoms with van der Waals surface area (Å²) in [4.78, 5) is 24.0. The fourth-order valence-electron chi connectivity index (χ4n) is 1.56. The van der Waals surface area contributed by atoms with Crippen molar-refractivity contribution in [3.8, 4) is 0 Å². The van der Waals surface area contributed by atoms with Gasteiger partial charge in [-0.3, -0.25) is 9.59 Å². The van der Waals surface area contributed by atoms with Crippen LogP contribution in [0.1, 0.15) is 29.0 Å². The van der Waals surface area contributed by atoms with Crippen LogP contribution < -0.4 is 0 Å². The van der Waals surface area contributed by atoms with Crippen LogP contribution in [0.5, 0.6) is 0 Å². The smallest absolute Gasteiger partial charge is 0.323 e. The van der Waals surface area contributed by atoms with E-state index in [1.807, 2.05) is 0 Å². The molecule has 6 nitrogen and oxygen atoms in total. The fraction of sp³-hybridized carbons (Fsp3) is 0.500. The molecular weight excluding hydrogens is 212 g/mol. The van der Waals surface area contributed by atoms with Crippen LogP contribution in [0.2, 0.25) is 0 Å². The molecule has 1 amide bonds. The molecule has 0 aromatic carbocycles. The number of carbonyl (C=O) groups excluding carboxylic acids is 1. The van der Waals surface area contributed by atoms with Gasteiger partial charge in [0.15, 0.2) is 0 Å². The van der Waals surface area contributed by atoms with E-state index >= 15 is 0 Å². The average Bonchev–Trinajstić information content (AvgIpc) is 2.97. The van der Waals surface area contributed by atoms with Gasteiger partial charge in [0.05, 0.1) is 6.20 Å². The van der Waals surface area contributed by atoms with Gasteiger partial charge in [0, 0.05) is 6.04 Å². The third kappa shape index (κ3) is 2.05. The Bertz CT molecular complexity index is 422. The van der Waals surface area contributed by atoms with Gasteiger partial charge in [-0.2, -0.15) is 0 Å². The molecule has 1 aliphatic carbocycles. The number of aryl methyl sites for hydroxylation is 1. The van der Waals surface area contributed by atoms with Crippen molar-refractivity contribution < 1.29 is 19.2 Å². The number of carbonyl (C=O) groups is 2. The predicted molar refractivity (Wildman–Crippen MR) is 52.9 cm³/mol. The molecule has 0 atom stereocenters. The van der Waals surface area contributed by atoms with Crippen LogP contribution in [0.15, 0.2) is 10.7 Å². The topological polar surface area (TPSA) is 83.6 Å². The summed E-state index contributed by atoms with van der Waals surface area (Å²) in [6, 6.07) is 0.0536. The molecule has 1 heterocycles. The second-order valence-electron chi connectivity index (χ2n) is 3.85. The summed E-state index contributed by atoms with van der Waals surface area (Å²) in [5.74, 6) is -0.904. The minimum Gasteiger partial charge on any atom is -0.480 e. The molecule has 1 aromatic heterocycles. The maximum Gasteiger partial charge on any atom is 0.323 e. The Morgan fingerprint density at radius 3 is 2.75 bits per heavy atom. The predicted octanol–water partition coefficient (Wildman–Crippen LogP) is 0.672. The van der Waals surface area contributed by atoms with E-state index in [9.17, 15) is 9.59 Å². The minimum absolute atomic E-state index is 0.0536. The summed E-state index contributed by atoms with van der Waals surface area (Å²) in [6.45, 7) is 1.36. The van der Waals surface area contributed by atoms with Crippen LogP contribution in [0, 0.1) is 6.92 Å². The summed E-state index contributed by atoms with van der Waals surface area (Å²) in [7, 11) is 0. The lowest BCUT2D eigenvalue weighted by Crippen LogP contribution is -2.37. The highest BCUT2D eigenvalue weighted by atomic mass is 16.5. The number of aliphatic carboxylic acids is 1. The maximum absolute atomic E-state index is 12.0. The molecule has 6 heteroatoms. The second-order valence-corrected chi connectivity index (χ2v) is 3.85. The first-order valence-corrected chi connectivity index (χ1v) is 5.03. The van der Waals surface area contributed by atoms with Gasteiger partial charge in [-0.25, -0.2) is 0 Å². The Labute approximate surface area is 91.8 Å². The summed E-state index contributed by atoms with van der Waals surface area (Å²) in [5, 5.41) is 12.3. The van der Waals surface area contributed by atoms with Crippen molar-refractivity contribution in [2.45, 2.75) is 25.8 Å². The first-order valence-electron chi connectivity index (χ1n) is 5.03. The van der Waals surface area contributed by atoms with Crippen molar-refractivity contribution in [3.63, 3.8) is 0 Å². The lowest BCUT2D eigenvalue weighted by Gasteiger charge is -2.19. The van der Waals surface area contributed by atoms with Gasteiger partial charge in [0.1, 0.15) is 17.9 Å². The lowest BCUT2D eigenvalue weighted by atomic mass is 10.2. The SMILES string of the molecule is Cc1oncc1C(=O)N(CC(=O)O)C1CC1. The van der Waals surface area contributed by atoms with E-state index in [0.29, 0.717) is 11.3 Å². The van der Waals surface area contributed by atoms with E-state index in [1.54, 1.807) is 6.92 Å². The van der Waals surface area contributed by atoms with E-state index in [2.05, 4.69) is 5.16 Å². The highest BCUT2D eigenvalue weighted by Crippen LogP contribution is 2.28. The molecule has 1 saturated carbocycles. The van der Waals surface area contributed by atoms with Gasteiger partial charge in [-0.05, 0) is 19.8 Å². The molecule has 1 aliphatic rings. The third-order valence-electron chi connectivity index (χ3n) is 2.54. The molecule has 0 saturated heterocycles. The van der Waals surface area contributed by atoms with Crippen LogP contribution in [0.25, 0.3) is 0 Å². The Morgan fingerprint density at radius 2 is 2.31 bits per heavy atom. The standard InChI is InChI=1S/C10H12N2O4/c1-6-8(4-11-16-6)10(15)12(5-9(13)14)7-2-3-7/h4,7H,2-3,5H2,1H3,(H,13,14). The molecule has 0 unspecified atom stereocenters. The van der Waals surface area contributed by atoms with Gasteiger partial charge in [0.25, 0.3) is 5.91 Å². The normalized spacial score (nSPS) is 14.8. The first kappa shape index (κ1) is 10.7. The largest absolute Gasteiger partial charge is 0.480 e. The number of hydrogen-bond donors (Lipinski definition) is 1. The maximum atomic E-state index is 12.0. The van der Waals surface area contributed by atoms with Crippen molar-refractivity contribution in [2.75, 3.05) is 6.54 Å². The number of carboxylic acids is 1. The third-order valence-corrected chi connectivity index (χ3v) is 2.54. The van der Waals surface area contributed by atoms with E-state index in [-0.39, 0.29) is 18.5 Å². The quantitative estimate of drug-likeness (QED) is 0.812. The number of amides is 1. The van der Waals surface area contributed by atoms with Crippen molar-refractivity contribution in [3.05, 3.63) is 17.5 Å². The molecule has 1 aromatic rings. The van der Waals surface area contributed by atoms with Crippen LogP contribution in [-0.4, -0.2) is 39.6 Å². The van der Waals surface area contributed by atoms with Gasteiger partial charge in [0.2, 0.25) is 0 Å². The van der Waals surface area contributed by atoms with Gasteiger partial charge >= 0.3 is 5.97 Å². The summed E-state index contributed by atoms with van der Waals surface area (Å²) >= 11 is 0. The van der Waals surface area contributed by atoms with Crippen LogP contribution in [0.3, 0.4) is 0 Å². The van der Waals surface area contributed by atoms with Crippen LogP contribution >= 0.6 is 0 Å². The fourth-order valence-corrected chi connectivity index (χ4v) is 1.56. The summed E-state index contributed by atoms with van der Waals surface area (Å²) in [5.41, 5.74) is 0.341. The Morgan fingerprint density at radius 1 is 1.62 bits per heavy atom. The molecule has 0 spiro atoms. The molecule has 1 N–H and O–H groups in total. The van der Waals surface area contributed by atoms with Crippen molar-refractivity contribution in [2.24, 2.45) is 0 Å². The first-order chi connectivity index (χ1) is 7.59.